The monoisotopic (exact) mass is 283 g/mol. The number of hydrogen-bond acceptors (Lipinski definition) is 3. The van der Waals surface area contributed by atoms with Crippen LogP contribution in [0.3, 0.4) is 0 Å². The van der Waals surface area contributed by atoms with E-state index in [0.717, 1.165) is 25.6 Å². The molecule has 3 nitrogen and oxygen atoms in total. The molecule has 12 heavy (non-hydrogen) atoms. The van der Waals surface area contributed by atoms with E-state index in [1.807, 2.05) is 5.01 Å². The molecule has 1 aliphatic rings. The lowest BCUT2D eigenvalue weighted by Gasteiger charge is -2.26. The molecule has 1 saturated heterocycles. The fraction of sp³-hybridized carbons (Fsp3) is 1.00. The second-order valence-corrected chi connectivity index (χ2v) is 5.00. The van der Waals surface area contributed by atoms with Gasteiger partial charge in [0.25, 0.3) is 0 Å². The molecule has 4 heteroatoms. The summed E-state index contributed by atoms with van der Waals surface area (Å²) >= 11 is 2.42. The van der Waals surface area contributed by atoms with E-state index in [2.05, 4.69) is 39.8 Å². The van der Waals surface area contributed by atoms with E-state index in [0.29, 0.717) is 6.04 Å². The second kappa shape index (κ2) is 4.74. The second-order valence-electron chi connectivity index (χ2n) is 3.76. The van der Waals surface area contributed by atoms with E-state index in [9.17, 15) is 0 Å². The molecular weight excluding hydrogens is 265 g/mol. The summed E-state index contributed by atoms with van der Waals surface area (Å²) in [5, 5.41) is 1.92. The first kappa shape index (κ1) is 10.7. The van der Waals surface area contributed by atoms with Gasteiger partial charge in [-0.25, -0.2) is 8.12 Å². The summed E-state index contributed by atoms with van der Waals surface area (Å²) in [6.45, 7) is 7.67. The Labute approximate surface area is 88.7 Å². The summed E-state index contributed by atoms with van der Waals surface area (Å²) in [5.41, 5.74) is 0. The van der Waals surface area contributed by atoms with Crippen LogP contribution in [0.1, 0.15) is 20.3 Å². The van der Waals surface area contributed by atoms with Gasteiger partial charge in [-0.3, -0.25) is 5.84 Å². The molecule has 0 aromatic rings. The van der Waals surface area contributed by atoms with E-state index in [1.54, 1.807) is 0 Å². The third kappa shape index (κ3) is 2.83. The van der Waals surface area contributed by atoms with Gasteiger partial charge in [0, 0.05) is 48.5 Å². The zero-order valence-electron chi connectivity index (χ0n) is 7.83. The SMILES string of the molecule is CC(C)C1CCN(N)CCN1I. The van der Waals surface area contributed by atoms with Crippen molar-refractivity contribution >= 4 is 22.9 Å². The zero-order valence-corrected chi connectivity index (χ0v) is 9.99. The standard InChI is InChI=1S/C8H18IN3/c1-7(2)8-3-4-11(10)5-6-12(8)9/h7-8H,3-6,10H2,1-2H3. The van der Waals surface area contributed by atoms with E-state index >= 15 is 0 Å². The molecular formula is C8H18IN3. The zero-order chi connectivity index (χ0) is 9.14. The molecule has 1 aliphatic heterocycles. The smallest absolute Gasteiger partial charge is 0.0264 e. The minimum atomic E-state index is 0.694. The maximum atomic E-state index is 5.76. The molecule has 1 fully saturated rings. The molecule has 1 rings (SSSR count). The van der Waals surface area contributed by atoms with Gasteiger partial charge in [-0.2, -0.15) is 0 Å². The quantitative estimate of drug-likeness (QED) is 0.446. The summed E-state index contributed by atoms with van der Waals surface area (Å²) < 4.78 is 2.40. The largest absolute Gasteiger partial charge is 0.269 e. The first-order valence-corrected chi connectivity index (χ1v) is 5.50. The summed E-state index contributed by atoms with van der Waals surface area (Å²) in [5.74, 6) is 6.49. The summed E-state index contributed by atoms with van der Waals surface area (Å²) in [6.07, 6.45) is 1.19. The predicted octanol–water partition coefficient (Wildman–Crippen LogP) is 1.24. The van der Waals surface area contributed by atoms with E-state index < -0.39 is 0 Å². The Hall–Kier alpha value is 0.610. The van der Waals surface area contributed by atoms with Gasteiger partial charge in [-0.1, -0.05) is 13.8 Å². The molecule has 0 radical (unpaired) electrons. The topological polar surface area (TPSA) is 32.5 Å². The van der Waals surface area contributed by atoms with Crippen molar-refractivity contribution in [2.75, 3.05) is 19.6 Å². The Morgan fingerprint density at radius 3 is 2.58 bits per heavy atom. The van der Waals surface area contributed by atoms with Gasteiger partial charge in [0.15, 0.2) is 0 Å². The van der Waals surface area contributed by atoms with Gasteiger partial charge >= 0.3 is 0 Å². The minimum Gasteiger partial charge on any atom is -0.269 e. The van der Waals surface area contributed by atoms with Crippen molar-refractivity contribution < 1.29 is 0 Å². The van der Waals surface area contributed by atoms with Crippen molar-refractivity contribution in [3.63, 3.8) is 0 Å². The lowest BCUT2D eigenvalue weighted by atomic mass is 10.0. The van der Waals surface area contributed by atoms with E-state index in [4.69, 9.17) is 5.84 Å². The van der Waals surface area contributed by atoms with Crippen LogP contribution in [0.5, 0.6) is 0 Å². The van der Waals surface area contributed by atoms with Crippen molar-refractivity contribution in [2.24, 2.45) is 11.8 Å². The van der Waals surface area contributed by atoms with E-state index in [-0.39, 0.29) is 0 Å². The number of rotatable bonds is 1. The van der Waals surface area contributed by atoms with Crippen LogP contribution in [0, 0.1) is 5.92 Å². The van der Waals surface area contributed by atoms with E-state index in [1.165, 1.54) is 6.42 Å². The molecule has 0 bridgehead atoms. The maximum Gasteiger partial charge on any atom is 0.0264 e. The molecule has 0 aromatic carbocycles. The average molecular weight is 283 g/mol. The maximum absolute atomic E-state index is 5.76. The van der Waals surface area contributed by atoms with Crippen molar-refractivity contribution in [3.8, 4) is 0 Å². The first-order chi connectivity index (χ1) is 5.61. The van der Waals surface area contributed by atoms with Crippen LogP contribution < -0.4 is 5.84 Å². The summed E-state index contributed by atoms with van der Waals surface area (Å²) in [4.78, 5) is 0. The third-order valence-corrected chi connectivity index (χ3v) is 3.64. The number of halogens is 1. The Balaban J connectivity index is 2.50. The lowest BCUT2D eigenvalue weighted by Crippen LogP contribution is -2.33. The van der Waals surface area contributed by atoms with Crippen molar-refractivity contribution in [2.45, 2.75) is 26.3 Å². The summed E-state index contributed by atoms with van der Waals surface area (Å²) in [7, 11) is 0. The van der Waals surface area contributed by atoms with Crippen LogP contribution >= 0.6 is 22.9 Å². The lowest BCUT2D eigenvalue weighted by molar-refractivity contribution is 0.295. The molecule has 72 valence electrons. The summed E-state index contributed by atoms with van der Waals surface area (Å²) in [6, 6.07) is 0.694. The van der Waals surface area contributed by atoms with Crippen LogP contribution in [-0.2, 0) is 0 Å². The number of nitrogens with zero attached hydrogens (tertiary/aromatic N) is 2. The van der Waals surface area contributed by atoms with Crippen LogP contribution in [0.2, 0.25) is 0 Å². The molecule has 0 aromatic heterocycles. The number of nitrogens with two attached hydrogens (primary N) is 1. The molecule has 0 saturated carbocycles. The van der Waals surface area contributed by atoms with Crippen molar-refractivity contribution in [1.82, 2.24) is 8.12 Å². The molecule has 2 N–H and O–H groups in total. The van der Waals surface area contributed by atoms with Gasteiger partial charge in [-0.05, 0) is 12.3 Å². The highest BCUT2D eigenvalue weighted by Crippen LogP contribution is 2.20. The fourth-order valence-corrected chi connectivity index (χ4v) is 2.73. The number of hydrogen-bond donors (Lipinski definition) is 1. The number of hydrazine groups is 1. The first-order valence-electron chi connectivity index (χ1n) is 4.53. The van der Waals surface area contributed by atoms with Crippen molar-refractivity contribution in [3.05, 3.63) is 0 Å². The van der Waals surface area contributed by atoms with Crippen LogP contribution in [0.25, 0.3) is 0 Å². The normalized spacial score (nSPS) is 29.2. The molecule has 0 aliphatic carbocycles. The van der Waals surface area contributed by atoms with Gasteiger partial charge < -0.3 is 0 Å². The molecule has 0 spiro atoms. The highest BCUT2D eigenvalue weighted by molar-refractivity contribution is 14.1. The van der Waals surface area contributed by atoms with Gasteiger partial charge in [0.1, 0.15) is 0 Å². The van der Waals surface area contributed by atoms with Crippen LogP contribution in [0.4, 0.5) is 0 Å². The van der Waals surface area contributed by atoms with Gasteiger partial charge in [-0.15, -0.1) is 0 Å². The molecule has 1 heterocycles. The predicted molar refractivity (Wildman–Crippen MR) is 59.7 cm³/mol. The van der Waals surface area contributed by atoms with Gasteiger partial charge in [0.2, 0.25) is 0 Å². The van der Waals surface area contributed by atoms with Crippen molar-refractivity contribution in [1.29, 1.82) is 0 Å². The molecule has 1 unspecified atom stereocenters. The van der Waals surface area contributed by atoms with Gasteiger partial charge in [0.05, 0.1) is 0 Å². The van der Waals surface area contributed by atoms with Crippen LogP contribution in [-0.4, -0.2) is 33.8 Å². The molecule has 0 amide bonds. The Bertz CT molecular complexity index is 140. The van der Waals surface area contributed by atoms with Crippen LogP contribution in [0.15, 0.2) is 0 Å². The Kier molecular flexibility index (Phi) is 4.22. The fourth-order valence-electron chi connectivity index (χ4n) is 1.60. The Morgan fingerprint density at radius 2 is 2.00 bits per heavy atom. The minimum absolute atomic E-state index is 0.694. The molecule has 1 atom stereocenters. The highest BCUT2D eigenvalue weighted by atomic mass is 127. The Morgan fingerprint density at radius 1 is 1.33 bits per heavy atom. The third-order valence-electron chi connectivity index (χ3n) is 2.44. The average Bonchev–Trinajstić information content (AvgIpc) is 2.14. The highest BCUT2D eigenvalue weighted by Gasteiger charge is 2.23.